The third-order valence-electron chi connectivity index (χ3n) is 7.73. The van der Waals surface area contributed by atoms with Gasteiger partial charge in [0.05, 0.1) is 45.6 Å². The minimum Gasteiger partial charge on any atom is -0.395 e. The van der Waals surface area contributed by atoms with Crippen LogP contribution < -0.4 is 19.6 Å². The lowest BCUT2D eigenvalue weighted by Crippen LogP contribution is -2.69. The topological polar surface area (TPSA) is 153 Å². The number of nitrogens with zero attached hydrogens (tertiary/aromatic N) is 8. The van der Waals surface area contributed by atoms with Crippen LogP contribution in [0.2, 0.25) is 0 Å². The fraction of sp³-hybridized carbons (Fsp3) is 0.769. The molecule has 0 spiro atoms. The molecular weight excluding hydrogens is 577 g/mol. The van der Waals surface area contributed by atoms with Crippen LogP contribution in [-0.2, 0) is 14.2 Å². The molecule has 0 aliphatic carbocycles. The number of rotatable bonds is 15. The molecule has 0 amide bonds. The number of aromatic nitrogens is 4. The fourth-order valence-corrected chi connectivity index (χ4v) is 5.17. The molecule has 2 saturated heterocycles. The molecule has 242 valence electrons. The Morgan fingerprint density at radius 2 is 1.26 bits per heavy atom. The zero-order valence-corrected chi connectivity index (χ0v) is 24.8. The van der Waals surface area contributed by atoms with Gasteiger partial charge in [-0.3, -0.25) is 0 Å². The smallest absolute Gasteiger partial charge is 0.395 e. The van der Waals surface area contributed by atoms with Crippen molar-refractivity contribution in [2.24, 2.45) is 0 Å². The highest BCUT2D eigenvalue weighted by molar-refractivity contribution is 5.95. The lowest BCUT2D eigenvalue weighted by molar-refractivity contribution is -0.267. The maximum absolute atomic E-state index is 13.6. The third kappa shape index (κ3) is 7.29. The van der Waals surface area contributed by atoms with E-state index in [1.165, 1.54) is 4.90 Å². The predicted octanol–water partition coefficient (Wildman–Crippen LogP) is 0.0386. The van der Waals surface area contributed by atoms with Gasteiger partial charge in [-0.05, 0) is 12.8 Å². The number of methoxy groups -OCH3 is 3. The molecular formula is C26H41F3N8O6. The molecule has 0 aromatic carbocycles. The number of halogens is 3. The van der Waals surface area contributed by atoms with Crippen molar-refractivity contribution in [1.82, 2.24) is 19.9 Å². The van der Waals surface area contributed by atoms with E-state index >= 15 is 0 Å². The number of aliphatic hydroxyl groups is 3. The molecule has 2 aromatic rings. The van der Waals surface area contributed by atoms with Crippen LogP contribution in [0, 0.1) is 0 Å². The lowest BCUT2D eigenvalue weighted by Gasteiger charge is -2.47. The summed E-state index contributed by atoms with van der Waals surface area (Å²) < 4.78 is 57.0. The quantitative estimate of drug-likeness (QED) is 0.246. The van der Waals surface area contributed by atoms with E-state index in [2.05, 4.69) is 9.97 Å². The van der Waals surface area contributed by atoms with E-state index in [1.807, 2.05) is 9.80 Å². The zero-order chi connectivity index (χ0) is 31.2. The highest BCUT2D eigenvalue weighted by Gasteiger charge is 2.61. The fourth-order valence-electron chi connectivity index (χ4n) is 5.17. The minimum absolute atomic E-state index is 0.0737. The monoisotopic (exact) mass is 618 g/mol. The lowest BCUT2D eigenvalue weighted by atomic mass is 9.93. The van der Waals surface area contributed by atoms with Crippen molar-refractivity contribution < 1.29 is 42.7 Å². The molecule has 4 rings (SSSR count). The predicted molar refractivity (Wildman–Crippen MR) is 153 cm³/mol. The van der Waals surface area contributed by atoms with Crippen molar-refractivity contribution in [3.8, 4) is 0 Å². The normalized spacial score (nSPS) is 17.4. The van der Waals surface area contributed by atoms with Gasteiger partial charge >= 0.3 is 6.18 Å². The molecule has 0 unspecified atom stereocenters. The van der Waals surface area contributed by atoms with Crippen LogP contribution in [-0.4, -0.2) is 153 Å². The number of anilines is 4. The Morgan fingerprint density at radius 3 is 1.67 bits per heavy atom. The standard InChI is InChI=1S/C26H41F3N8O6/c1-41-14-10-36(11-15-42-2)24-30-19-20(22(33-24)37-16-25(40,17-37)26(27,28)29)31-23(35(8-12-38)9-13-39)32-21(19)34-6-4-18(43-3)5-7-34/h18,38-40H,4-17H2,1-3H3. The molecule has 2 aliphatic rings. The second-order valence-electron chi connectivity index (χ2n) is 10.6. The van der Waals surface area contributed by atoms with E-state index in [-0.39, 0.29) is 55.6 Å². The van der Waals surface area contributed by atoms with Gasteiger partial charge in [-0.2, -0.15) is 23.1 Å². The van der Waals surface area contributed by atoms with E-state index in [0.29, 0.717) is 50.7 Å². The van der Waals surface area contributed by atoms with Crippen LogP contribution in [0.5, 0.6) is 0 Å². The van der Waals surface area contributed by atoms with Crippen LogP contribution >= 0.6 is 0 Å². The molecule has 43 heavy (non-hydrogen) atoms. The van der Waals surface area contributed by atoms with Crippen molar-refractivity contribution in [2.45, 2.75) is 30.7 Å². The number of fused-ring (bicyclic) bond motifs is 1. The number of ether oxygens (including phenoxy) is 3. The second kappa shape index (κ2) is 14.3. The molecule has 0 bridgehead atoms. The Hall–Kier alpha value is -2.83. The summed E-state index contributed by atoms with van der Waals surface area (Å²) >= 11 is 0. The van der Waals surface area contributed by atoms with Gasteiger partial charge in [0.25, 0.3) is 0 Å². The van der Waals surface area contributed by atoms with Gasteiger partial charge in [0.2, 0.25) is 11.9 Å². The van der Waals surface area contributed by atoms with E-state index in [4.69, 9.17) is 24.2 Å². The average molecular weight is 619 g/mol. The Morgan fingerprint density at radius 1 is 0.791 bits per heavy atom. The number of aliphatic hydroxyl groups excluding tert-OH is 2. The van der Waals surface area contributed by atoms with Crippen LogP contribution in [0.3, 0.4) is 0 Å². The molecule has 0 atom stereocenters. The van der Waals surface area contributed by atoms with Crippen molar-refractivity contribution in [3.05, 3.63) is 0 Å². The maximum Gasteiger partial charge on any atom is 0.420 e. The number of hydrogen-bond acceptors (Lipinski definition) is 14. The van der Waals surface area contributed by atoms with Crippen LogP contribution in [0.25, 0.3) is 11.0 Å². The molecule has 17 heteroatoms. The van der Waals surface area contributed by atoms with Crippen LogP contribution in [0.15, 0.2) is 0 Å². The molecule has 2 aromatic heterocycles. The van der Waals surface area contributed by atoms with Crippen LogP contribution in [0.4, 0.5) is 36.7 Å². The van der Waals surface area contributed by atoms with Crippen LogP contribution in [0.1, 0.15) is 12.8 Å². The number of hydrogen-bond donors (Lipinski definition) is 3. The van der Waals surface area contributed by atoms with Gasteiger partial charge in [0.15, 0.2) is 17.2 Å². The summed E-state index contributed by atoms with van der Waals surface area (Å²) in [6, 6.07) is 0. The first-order chi connectivity index (χ1) is 20.6. The van der Waals surface area contributed by atoms with Gasteiger partial charge in [-0.25, -0.2) is 9.97 Å². The number of β-amino-alcohol motifs (C(OH)–C–C–N with tert-alkyl or cyclic N) is 1. The first-order valence-corrected chi connectivity index (χ1v) is 14.2. The van der Waals surface area contributed by atoms with Gasteiger partial charge in [0, 0.05) is 60.6 Å². The van der Waals surface area contributed by atoms with Gasteiger partial charge in [-0.1, -0.05) is 0 Å². The summed E-state index contributed by atoms with van der Waals surface area (Å²) in [5, 5.41) is 29.6. The highest BCUT2D eigenvalue weighted by Crippen LogP contribution is 2.42. The SMILES string of the molecule is COCCN(CCOC)c1nc(N2CC(O)(C(F)(F)F)C2)c2nc(N(CCO)CCO)nc(N3CCC(OC)CC3)c2n1. The molecule has 4 heterocycles. The Balaban J connectivity index is 1.91. The third-order valence-corrected chi connectivity index (χ3v) is 7.73. The summed E-state index contributed by atoms with van der Waals surface area (Å²) in [7, 11) is 4.78. The first-order valence-electron chi connectivity index (χ1n) is 14.2. The maximum atomic E-state index is 13.6. The zero-order valence-electron chi connectivity index (χ0n) is 24.8. The highest BCUT2D eigenvalue weighted by atomic mass is 19.4. The molecule has 2 fully saturated rings. The number of alkyl halides is 3. The molecule has 3 N–H and O–H groups in total. The molecule has 2 aliphatic heterocycles. The summed E-state index contributed by atoms with van der Waals surface area (Å²) in [4.78, 5) is 25.8. The first kappa shape index (κ1) is 33.1. The molecule has 0 radical (unpaired) electrons. The van der Waals surface area contributed by atoms with Gasteiger partial charge in [-0.15, -0.1) is 0 Å². The van der Waals surface area contributed by atoms with Gasteiger partial charge < -0.3 is 49.1 Å². The van der Waals surface area contributed by atoms with Crippen molar-refractivity contribution in [2.75, 3.05) is 120 Å². The van der Waals surface area contributed by atoms with Crippen molar-refractivity contribution in [3.63, 3.8) is 0 Å². The Kier molecular flexibility index (Phi) is 11.0. The van der Waals surface area contributed by atoms with E-state index < -0.39 is 24.9 Å². The summed E-state index contributed by atoms with van der Waals surface area (Å²) in [6.45, 7) is 0.873. The second-order valence-corrected chi connectivity index (χ2v) is 10.6. The largest absolute Gasteiger partial charge is 0.420 e. The van der Waals surface area contributed by atoms with E-state index in [9.17, 15) is 28.5 Å². The number of piperidine rings is 1. The molecule has 14 nitrogen and oxygen atoms in total. The Labute approximate surface area is 248 Å². The molecule has 0 saturated carbocycles. The van der Waals surface area contributed by atoms with Gasteiger partial charge in [0.1, 0.15) is 11.0 Å². The summed E-state index contributed by atoms with van der Waals surface area (Å²) in [6.07, 6.45) is -3.31. The van der Waals surface area contributed by atoms with Crippen molar-refractivity contribution >= 4 is 34.6 Å². The van der Waals surface area contributed by atoms with E-state index in [0.717, 1.165) is 12.8 Å². The summed E-state index contributed by atoms with van der Waals surface area (Å²) in [5.41, 5.74) is -2.37. The Bertz CT molecular complexity index is 1180. The summed E-state index contributed by atoms with van der Waals surface area (Å²) in [5.74, 6) is 0.953. The van der Waals surface area contributed by atoms with Crippen molar-refractivity contribution in [1.29, 1.82) is 0 Å². The average Bonchev–Trinajstić information content (AvgIpc) is 2.98. The van der Waals surface area contributed by atoms with E-state index in [1.54, 1.807) is 26.2 Å². The minimum atomic E-state index is -4.83.